The van der Waals surface area contributed by atoms with E-state index >= 15 is 4.39 Å². The molecule has 0 spiro atoms. The number of aryl methyl sites for hydroxylation is 1. The van der Waals surface area contributed by atoms with E-state index in [1.165, 1.54) is 12.1 Å². The quantitative estimate of drug-likeness (QED) is 0.0354. The Morgan fingerprint density at radius 3 is 2.56 bits per heavy atom. The maximum absolute atomic E-state index is 15.4. The minimum absolute atomic E-state index is 0.00502. The highest BCUT2D eigenvalue weighted by atomic mass is 33.1. The van der Waals surface area contributed by atoms with Gasteiger partial charge in [-0.15, -0.1) is 0 Å². The molecule has 368 valence electrons. The van der Waals surface area contributed by atoms with Gasteiger partial charge in [-0.3, -0.25) is 14.4 Å². The molecular formula is C53H59FN6O8S2. The Kier molecular flexibility index (Phi) is 13.4. The van der Waals surface area contributed by atoms with E-state index in [1.807, 2.05) is 26.8 Å². The molecule has 10 rings (SSSR count). The number of carbonyl (C=O) groups excluding carboxylic acids is 3. The standard InChI is InChI=1S/C53H59FN6O8S2/c1-5-33-36-19-43-48-38(25-60(43)50(64)39(36)26-67-51(33)65)47-41(10-9-34-29(4)40(54)20-42(57-48)46(34)47)58-52(66)68-27-53(11-6-12-53)70-69-16-15-55-13-14-56-22-30-7-8-31-23-59(24-32(31)17-30)49(63)37-18-35(28(2)3)44(61)21-45(37)62/h7-8,17-21,28,33,41,55-56,61-62H,5-6,9-16,22-27H2,1-4H3,(H,58,66)/t33-,41+/m1/s1. The number of cyclic esters (lactones) is 1. The van der Waals surface area contributed by atoms with Gasteiger partial charge in [-0.25, -0.2) is 14.2 Å². The van der Waals surface area contributed by atoms with Crippen molar-refractivity contribution in [2.45, 2.75) is 122 Å². The van der Waals surface area contributed by atoms with Gasteiger partial charge in [0, 0.05) is 68.1 Å². The number of rotatable bonds is 16. The van der Waals surface area contributed by atoms with Crippen LogP contribution < -0.4 is 21.5 Å². The van der Waals surface area contributed by atoms with Crippen molar-refractivity contribution in [2.24, 2.45) is 0 Å². The van der Waals surface area contributed by atoms with Crippen LogP contribution in [0.3, 0.4) is 0 Å². The van der Waals surface area contributed by atoms with E-state index in [4.69, 9.17) is 14.5 Å². The molecule has 0 unspecified atom stereocenters. The summed E-state index contributed by atoms with van der Waals surface area (Å²) in [4.78, 5) is 60.5. The van der Waals surface area contributed by atoms with Gasteiger partial charge in [0.1, 0.15) is 30.5 Å². The summed E-state index contributed by atoms with van der Waals surface area (Å²) in [5, 5.41) is 31.7. The fraction of sp³-hybridized carbons (Fsp3) is 0.453. The molecule has 2 aromatic heterocycles. The number of benzene rings is 3. The van der Waals surface area contributed by atoms with Gasteiger partial charge >= 0.3 is 12.1 Å². The number of fused-ring (bicyclic) bond motifs is 6. The second-order valence-electron chi connectivity index (χ2n) is 19.7. The number of nitrogens with one attached hydrogen (secondary N) is 3. The first-order valence-electron chi connectivity index (χ1n) is 24.4. The second kappa shape index (κ2) is 19.5. The van der Waals surface area contributed by atoms with Crippen LogP contribution in [-0.2, 0) is 53.5 Å². The van der Waals surface area contributed by atoms with Crippen LogP contribution in [0.1, 0.15) is 137 Å². The average Bonchev–Trinajstić information content (AvgIpc) is 3.92. The van der Waals surface area contributed by atoms with E-state index in [-0.39, 0.29) is 70.7 Å². The Labute approximate surface area is 413 Å². The second-order valence-corrected chi connectivity index (χ2v) is 22.5. The van der Waals surface area contributed by atoms with Gasteiger partial charge in [0.25, 0.3) is 11.5 Å². The van der Waals surface area contributed by atoms with Crippen LogP contribution in [0.2, 0.25) is 0 Å². The zero-order chi connectivity index (χ0) is 49.0. The highest BCUT2D eigenvalue weighted by molar-refractivity contribution is 8.77. The SMILES string of the molecule is CC[C@H]1C(=O)OCc2c1cc1n(c2=O)Cc2c-1nc1cc(F)c(C)c3c1c2[C@@H](NC(=O)OCC1(SSCCNCCNCc2ccc4c(c2)CN(C(=O)c2cc(C(C)C)c(O)cc2O)C4)CCC1)CC3. The van der Waals surface area contributed by atoms with Gasteiger partial charge in [0.05, 0.1) is 51.3 Å². The lowest BCUT2D eigenvalue weighted by atomic mass is 9.81. The van der Waals surface area contributed by atoms with Crippen molar-refractivity contribution < 1.29 is 38.5 Å². The number of phenolic OH excluding ortho intramolecular Hbond substituents is 2. The molecule has 5 aromatic rings. The third-order valence-electron chi connectivity index (χ3n) is 14.9. The number of aromatic nitrogens is 2. The molecule has 0 radical (unpaired) electrons. The van der Waals surface area contributed by atoms with E-state index in [1.54, 1.807) is 44.0 Å². The molecule has 3 aliphatic heterocycles. The summed E-state index contributed by atoms with van der Waals surface area (Å²) >= 11 is 0. The summed E-state index contributed by atoms with van der Waals surface area (Å²) in [5.41, 5.74) is 9.74. The van der Waals surface area contributed by atoms with E-state index < -0.39 is 18.1 Å². The minimum Gasteiger partial charge on any atom is -0.508 e. The van der Waals surface area contributed by atoms with Crippen molar-refractivity contribution in [1.29, 1.82) is 0 Å². The molecule has 5 aliphatic rings. The molecule has 2 amide bonds. The third-order valence-corrected chi connectivity index (χ3v) is 18.2. The van der Waals surface area contributed by atoms with Crippen molar-refractivity contribution in [3.63, 3.8) is 0 Å². The number of hydrogen-bond donors (Lipinski definition) is 5. The molecule has 3 aromatic carbocycles. The van der Waals surface area contributed by atoms with Crippen molar-refractivity contribution >= 4 is 50.5 Å². The summed E-state index contributed by atoms with van der Waals surface area (Å²) in [6.45, 7) is 12.0. The topological polar surface area (TPSA) is 184 Å². The zero-order valence-electron chi connectivity index (χ0n) is 40.0. The van der Waals surface area contributed by atoms with E-state index in [0.717, 1.165) is 83.4 Å². The van der Waals surface area contributed by atoms with Crippen molar-refractivity contribution in [3.05, 3.63) is 120 Å². The smallest absolute Gasteiger partial charge is 0.407 e. The molecule has 14 nitrogen and oxygen atoms in total. The van der Waals surface area contributed by atoms with E-state index in [9.17, 15) is 29.4 Å². The van der Waals surface area contributed by atoms with Crippen LogP contribution in [0.5, 0.6) is 11.5 Å². The minimum atomic E-state index is -0.552. The first-order valence-corrected chi connectivity index (χ1v) is 26.7. The van der Waals surface area contributed by atoms with Crippen LogP contribution >= 0.6 is 21.6 Å². The Bertz CT molecular complexity index is 3010. The fourth-order valence-corrected chi connectivity index (χ4v) is 13.9. The number of nitrogens with zero attached hydrogens (tertiary/aromatic N) is 3. The zero-order valence-corrected chi connectivity index (χ0v) is 41.6. The summed E-state index contributed by atoms with van der Waals surface area (Å²) in [7, 11) is 3.58. The third kappa shape index (κ3) is 8.91. The van der Waals surface area contributed by atoms with Crippen molar-refractivity contribution in [3.8, 4) is 22.9 Å². The lowest BCUT2D eigenvalue weighted by molar-refractivity contribution is -0.148. The van der Waals surface area contributed by atoms with Gasteiger partial charge in [-0.05, 0) is 102 Å². The van der Waals surface area contributed by atoms with Crippen LogP contribution in [0.25, 0.3) is 22.3 Å². The number of alkyl carbamates (subject to hydrolysis) is 1. The molecule has 0 bridgehead atoms. The van der Waals surface area contributed by atoms with E-state index in [2.05, 4.69) is 34.1 Å². The first kappa shape index (κ1) is 48.0. The van der Waals surface area contributed by atoms with Gasteiger partial charge in [0.15, 0.2) is 0 Å². The maximum atomic E-state index is 15.4. The van der Waals surface area contributed by atoms with E-state index in [0.29, 0.717) is 78.1 Å². The largest absolute Gasteiger partial charge is 0.508 e. The molecule has 17 heteroatoms. The Morgan fingerprint density at radius 1 is 0.986 bits per heavy atom. The van der Waals surface area contributed by atoms with Gasteiger partial charge in [0.2, 0.25) is 0 Å². The number of pyridine rings is 2. The predicted molar refractivity (Wildman–Crippen MR) is 269 cm³/mol. The number of esters is 1. The first-order chi connectivity index (χ1) is 33.7. The number of ether oxygens (including phenoxy) is 2. The van der Waals surface area contributed by atoms with Gasteiger partial charge in [-0.2, -0.15) is 0 Å². The summed E-state index contributed by atoms with van der Waals surface area (Å²) < 4.78 is 28.3. The van der Waals surface area contributed by atoms with Gasteiger partial charge in [-0.1, -0.05) is 67.0 Å². The monoisotopic (exact) mass is 990 g/mol. The highest BCUT2D eigenvalue weighted by Crippen LogP contribution is 2.50. The lowest BCUT2D eigenvalue weighted by Crippen LogP contribution is -2.41. The molecule has 1 fully saturated rings. The molecule has 5 heterocycles. The fourth-order valence-electron chi connectivity index (χ4n) is 10.8. The summed E-state index contributed by atoms with van der Waals surface area (Å²) in [6.07, 6.45) is 4.05. The highest BCUT2D eigenvalue weighted by Gasteiger charge is 2.41. The lowest BCUT2D eigenvalue weighted by Gasteiger charge is -2.40. The molecule has 5 N–H and O–H groups in total. The van der Waals surface area contributed by atoms with Crippen LogP contribution in [0, 0.1) is 12.7 Å². The molecule has 0 saturated heterocycles. The van der Waals surface area contributed by atoms with Crippen LogP contribution in [-0.4, -0.2) is 79.4 Å². The Balaban J connectivity index is 0.693. The number of amides is 2. The molecule has 2 aliphatic carbocycles. The van der Waals surface area contributed by atoms with Crippen LogP contribution in [0.15, 0.2) is 47.3 Å². The number of carbonyl (C=O) groups is 3. The van der Waals surface area contributed by atoms with Crippen molar-refractivity contribution in [1.82, 2.24) is 30.4 Å². The summed E-state index contributed by atoms with van der Waals surface area (Å²) in [5.74, 6) is -0.845. The van der Waals surface area contributed by atoms with Gasteiger partial charge < -0.3 is 45.1 Å². The Hall–Kier alpha value is -5.62. The van der Waals surface area contributed by atoms with Crippen molar-refractivity contribution in [2.75, 3.05) is 32.0 Å². The van der Waals surface area contributed by atoms with Crippen LogP contribution in [0.4, 0.5) is 9.18 Å². The predicted octanol–water partition coefficient (Wildman–Crippen LogP) is 8.51. The summed E-state index contributed by atoms with van der Waals surface area (Å²) in [6, 6.07) is 12.0. The number of aromatic hydroxyl groups is 2. The molecule has 2 atom stereocenters. The normalized spacial score (nSPS) is 18.3. The number of hydrogen-bond acceptors (Lipinski definition) is 13. The number of halogens is 1. The molecule has 70 heavy (non-hydrogen) atoms. The molecular weight excluding hydrogens is 932 g/mol. The molecule has 1 saturated carbocycles. The Morgan fingerprint density at radius 2 is 1.79 bits per heavy atom. The maximum Gasteiger partial charge on any atom is 0.407 e. The number of phenols is 2. The average molecular weight is 991 g/mol.